The molecule has 1 unspecified atom stereocenters. The van der Waals surface area contributed by atoms with E-state index in [1.807, 2.05) is 0 Å². The summed E-state index contributed by atoms with van der Waals surface area (Å²) >= 11 is 0. The van der Waals surface area contributed by atoms with E-state index in [0.717, 1.165) is 6.54 Å². The number of nitrogens with zero attached hydrogens (tertiary/aromatic N) is 2. The number of piperazine rings is 1. The predicted octanol–water partition coefficient (Wildman–Crippen LogP) is 2.29. The van der Waals surface area contributed by atoms with Crippen LogP contribution in [0.2, 0.25) is 0 Å². The van der Waals surface area contributed by atoms with E-state index in [1.165, 1.54) is 17.0 Å². The zero-order chi connectivity index (χ0) is 15.3. The number of benzene rings is 1. The predicted molar refractivity (Wildman–Crippen MR) is 75.0 cm³/mol. The molecule has 0 saturated carbocycles. The lowest BCUT2D eigenvalue weighted by Gasteiger charge is -2.40. The first kappa shape index (κ1) is 16.3. The van der Waals surface area contributed by atoms with E-state index in [1.54, 1.807) is 18.2 Å². The standard InChI is InChI=1S/C15H21F3N2O/c16-15(17,18)14(13-5-2-1-3-6-13)20-10-8-19(9-11-20)7-4-12-21/h1-3,5-6,14,21H,4,7-12H2. The van der Waals surface area contributed by atoms with Crippen LogP contribution in [0.1, 0.15) is 18.0 Å². The van der Waals surface area contributed by atoms with Crippen LogP contribution in [0.25, 0.3) is 0 Å². The normalized spacial score (nSPS) is 19.6. The van der Waals surface area contributed by atoms with E-state index in [0.29, 0.717) is 38.2 Å². The second kappa shape index (κ2) is 7.24. The highest BCUT2D eigenvalue weighted by Gasteiger charge is 2.45. The van der Waals surface area contributed by atoms with Crippen molar-refractivity contribution < 1.29 is 18.3 Å². The van der Waals surface area contributed by atoms with Gasteiger partial charge in [0.2, 0.25) is 0 Å². The van der Waals surface area contributed by atoms with E-state index in [4.69, 9.17) is 5.11 Å². The topological polar surface area (TPSA) is 26.7 Å². The fourth-order valence-corrected chi connectivity index (χ4v) is 2.78. The van der Waals surface area contributed by atoms with E-state index < -0.39 is 12.2 Å². The summed E-state index contributed by atoms with van der Waals surface area (Å²) in [6.07, 6.45) is -3.60. The molecule has 2 rings (SSSR count). The Balaban J connectivity index is 2.04. The fraction of sp³-hybridized carbons (Fsp3) is 0.600. The summed E-state index contributed by atoms with van der Waals surface area (Å²) in [5.74, 6) is 0. The minimum Gasteiger partial charge on any atom is -0.396 e. The van der Waals surface area contributed by atoms with Crippen molar-refractivity contribution in [2.45, 2.75) is 18.6 Å². The van der Waals surface area contributed by atoms with Crippen LogP contribution in [0.3, 0.4) is 0 Å². The summed E-state index contributed by atoms with van der Waals surface area (Å²) in [5.41, 5.74) is 0.300. The Morgan fingerprint density at radius 2 is 1.67 bits per heavy atom. The van der Waals surface area contributed by atoms with Gasteiger partial charge in [-0.05, 0) is 12.0 Å². The first-order chi connectivity index (χ1) is 10.0. The first-order valence-corrected chi connectivity index (χ1v) is 7.21. The molecule has 1 aliphatic heterocycles. The average Bonchev–Trinajstić information content (AvgIpc) is 2.46. The van der Waals surface area contributed by atoms with Gasteiger partial charge in [-0.3, -0.25) is 4.90 Å². The largest absolute Gasteiger partial charge is 0.408 e. The summed E-state index contributed by atoms with van der Waals surface area (Å²) in [7, 11) is 0. The zero-order valence-corrected chi connectivity index (χ0v) is 11.9. The minimum absolute atomic E-state index is 0.120. The Kier molecular flexibility index (Phi) is 5.61. The summed E-state index contributed by atoms with van der Waals surface area (Å²) in [4.78, 5) is 3.61. The van der Waals surface area contributed by atoms with Gasteiger partial charge in [0.1, 0.15) is 6.04 Å². The molecule has 3 nitrogen and oxygen atoms in total. The van der Waals surface area contributed by atoms with Crippen molar-refractivity contribution in [1.29, 1.82) is 0 Å². The highest BCUT2D eigenvalue weighted by atomic mass is 19.4. The molecule has 0 radical (unpaired) electrons. The second-order valence-electron chi connectivity index (χ2n) is 5.31. The van der Waals surface area contributed by atoms with Crippen molar-refractivity contribution in [2.24, 2.45) is 0 Å². The zero-order valence-electron chi connectivity index (χ0n) is 11.9. The third-order valence-corrected chi connectivity index (χ3v) is 3.83. The summed E-state index contributed by atoms with van der Waals surface area (Å²) in [6, 6.07) is 6.56. The Morgan fingerprint density at radius 3 is 2.19 bits per heavy atom. The molecule has 0 amide bonds. The van der Waals surface area contributed by atoms with Crippen LogP contribution >= 0.6 is 0 Å². The molecular formula is C15H21F3N2O. The lowest BCUT2D eigenvalue weighted by Crippen LogP contribution is -2.50. The lowest BCUT2D eigenvalue weighted by atomic mass is 10.0. The summed E-state index contributed by atoms with van der Waals surface area (Å²) in [6.45, 7) is 2.87. The molecule has 0 spiro atoms. The quantitative estimate of drug-likeness (QED) is 0.904. The summed E-state index contributed by atoms with van der Waals surface area (Å²) < 4.78 is 40.2. The SMILES string of the molecule is OCCCN1CCN(C(c2ccccc2)C(F)(F)F)CC1. The molecule has 1 N–H and O–H groups in total. The number of alkyl halides is 3. The van der Waals surface area contributed by atoms with Crippen molar-refractivity contribution in [1.82, 2.24) is 9.80 Å². The molecular weight excluding hydrogens is 281 g/mol. The maximum absolute atomic E-state index is 13.4. The van der Waals surface area contributed by atoms with Crippen LogP contribution in [0.5, 0.6) is 0 Å². The molecule has 1 aromatic carbocycles. The molecule has 1 fully saturated rings. The highest BCUT2D eigenvalue weighted by Crippen LogP contribution is 2.37. The molecule has 1 heterocycles. The number of rotatable bonds is 5. The number of hydrogen-bond donors (Lipinski definition) is 1. The average molecular weight is 302 g/mol. The number of aliphatic hydroxyl groups excluding tert-OH is 1. The lowest BCUT2D eigenvalue weighted by molar-refractivity contribution is -0.190. The van der Waals surface area contributed by atoms with E-state index in [9.17, 15) is 13.2 Å². The van der Waals surface area contributed by atoms with Crippen LogP contribution in [0.4, 0.5) is 13.2 Å². The van der Waals surface area contributed by atoms with Gasteiger partial charge in [-0.15, -0.1) is 0 Å². The Labute approximate surface area is 123 Å². The van der Waals surface area contributed by atoms with Crippen molar-refractivity contribution in [3.63, 3.8) is 0 Å². The van der Waals surface area contributed by atoms with E-state index in [2.05, 4.69) is 4.90 Å². The molecule has 6 heteroatoms. The highest BCUT2D eigenvalue weighted by molar-refractivity contribution is 5.20. The van der Waals surface area contributed by atoms with Crippen LogP contribution in [-0.2, 0) is 0 Å². The first-order valence-electron chi connectivity index (χ1n) is 7.21. The molecule has 1 aromatic rings. The number of hydrogen-bond acceptors (Lipinski definition) is 3. The molecule has 1 aliphatic rings. The summed E-state index contributed by atoms with van der Waals surface area (Å²) in [5, 5.41) is 8.81. The van der Waals surface area contributed by atoms with Gasteiger partial charge < -0.3 is 10.0 Å². The Morgan fingerprint density at radius 1 is 1.05 bits per heavy atom. The van der Waals surface area contributed by atoms with Crippen LogP contribution in [0, 0.1) is 0 Å². The Bertz CT molecular complexity index is 417. The van der Waals surface area contributed by atoms with Gasteiger partial charge in [-0.2, -0.15) is 13.2 Å². The number of halogens is 3. The van der Waals surface area contributed by atoms with Gasteiger partial charge in [0.05, 0.1) is 0 Å². The van der Waals surface area contributed by atoms with Gasteiger partial charge in [-0.1, -0.05) is 30.3 Å². The van der Waals surface area contributed by atoms with Crippen molar-refractivity contribution >= 4 is 0 Å². The van der Waals surface area contributed by atoms with Gasteiger partial charge >= 0.3 is 6.18 Å². The molecule has 0 aliphatic carbocycles. The van der Waals surface area contributed by atoms with Crippen molar-refractivity contribution in [3.05, 3.63) is 35.9 Å². The maximum atomic E-state index is 13.4. The minimum atomic E-state index is -4.27. The van der Waals surface area contributed by atoms with E-state index >= 15 is 0 Å². The maximum Gasteiger partial charge on any atom is 0.408 e. The van der Waals surface area contributed by atoms with Crippen LogP contribution < -0.4 is 0 Å². The third kappa shape index (κ3) is 4.43. The smallest absolute Gasteiger partial charge is 0.396 e. The fourth-order valence-electron chi connectivity index (χ4n) is 2.78. The van der Waals surface area contributed by atoms with Crippen LogP contribution in [0.15, 0.2) is 30.3 Å². The number of aliphatic hydroxyl groups is 1. The van der Waals surface area contributed by atoms with Gasteiger partial charge in [-0.25, -0.2) is 0 Å². The molecule has 0 aromatic heterocycles. The van der Waals surface area contributed by atoms with Crippen LogP contribution in [-0.4, -0.2) is 60.4 Å². The van der Waals surface area contributed by atoms with Gasteiger partial charge in [0, 0.05) is 39.3 Å². The Hall–Kier alpha value is -1.11. The molecule has 1 atom stereocenters. The van der Waals surface area contributed by atoms with Gasteiger partial charge in [0.25, 0.3) is 0 Å². The van der Waals surface area contributed by atoms with Crippen molar-refractivity contribution in [3.8, 4) is 0 Å². The van der Waals surface area contributed by atoms with Gasteiger partial charge in [0.15, 0.2) is 0 Å². The molecule has 118 valence electrons. The molecule has 0 bridgehead atoms. The molecule has 1 saturated heterocycles. The van der Waals surface area contributed by atoms with Crippen molar-refractivity contribution in [2.75, 3.05) is 39.3 Å². The molecule has 21 heavy (non-hydrogen) atoms. The second-order valence-corrected chi connectivity index (χ2v) is 5.31. The third-order valence-electron chi connectivity index (χ3n) is 3.83. The van der Waals surface area contributed by atoms with E-state index in [-0.39, 0.29) is 6.61 Å². The monoisotopic (exact) mass is 302 g/mol.